The number of benzene rings is 1. The van der Waals surface area contributed by atoms with Gasteiger partial charge in [-0.05, 0) is 49.0 Å². The number of carbonyl (C=O) groups is 1. The molecule has 0 saturated carbocycles. The number of aromatic nitrogens is 3. The number of anilines is 1. The second-order valence-corrected chi connectivity index (χ2v) is 5.33. The third kappa shape index (κ3) is 4.07. The number of carbonyl (C=O) groups excluding carboxylic acids is 1. The van der Waals surface area contributed by atoms with Gasteiger partial charge in [-0.25, -0.2) is 0 Å². The van der Waals surface area contributed by atoms with E-state index in [1.165, 1.54) is 11.8 Å². The molecule has 0 aliphatic carbocycles. The number of hydrogen-bond donors (Lipinski definition) is 2. The zero-order chi connectivity index (χ0) is 14.4. The highest BCUT2D eigenvalue weighted by atomic mass is 32.2. The van der Waals surface area contributed by atoms with Crippen LogP contribution in [0.5, 0.6) is 0 Å². The van der Waals surface area contributed by atoms with E-state index in [0.29, 0.717) is 19.4 Å². The van der Waals surface area contributed by atoms with E-state index < -0.39 is 0 Å². The molecule has 6 nitrogen and oxygen atoms in total. The van der Waals surface area contributed by atoms with E-state index >= 15 is 0 Å². The van der Waals surface area contributed by atoms with Crippen molar-refractivity contribution in [2.24, 2.45) is 12.8 Å². The van der Waals surface area contributed by atoms with E-state index in [9.17, 15) is 4.79 Å². The number of amides is 1. The van der Waals surface area contributed by atoms with E-state index in [1.807, 2.05) is 35.9 Å². The topological polar surface area (TPSA) is 85.8 Å². The van der Waals surface area contributed by atoms with Crippen LogP contribution in [0.25, 0.3) is 0 Å². The van der Waals surface area contributed by atoms with Crippen molar-refractivity contribution in [3.05, 3.63) is 30.6 Å². The van der Waals surface area contributed by atoms with Gasteiger partial charge in [0.15, 0.2) is 5.16 Å². The smallest absolute Gasteiger partial charge is 0.224 e. The van der Waals surface area contributed by atoms with Gasteiger partial charge in [0.1, 0.15) is 6.33 Å². The molecule has 0 fully saturated rings. The highest BCUT2D eigenvalue weighted by Gasteiger charge is 2.05. The maximum absolute atomic E-state index is 11.6. The summed E-state index contributed by atoms with van der Waals surface area (Å²) in [6, 6.07) is 7.63. The molecule has 1 aromatic heterocycles. The molecule has 1 amide bonds. The van der Waals surface area contributed by atoms with Crippen LogP contribution >= 0.6 is 11.8 Å². The summed E-state index contributed by atoms with van der Waals surface area (Å²) in [5.41, 5.74) is 6.16. The predicted octanol–water partition coefficient (Wildman–Crippen LogP) is 1.64. The zero-order valence-electron chi connectivity index (χ0n) is 11.2. The number of nitrogens with two attached hydrogens (primary N) is 1. The maximum Gasteiger partial charge on any atom is 0.224 e. The first-order chi connectivity index (χ1) is 9.69. The summed E-state index contributed by atoms with van der Waals surface area (Å²) < 4.78 is 1.85. The first-order valence-electron chi connectivity index (χ1n) is 6.31. The molecule has 3 N–H and O–H groups in total. The van der Waals surface area contributed by atoms with Crippen LogP contribution < -0.4 is 11.1 Å². The normalized spacial score (nSPS) is 10.5. The Labute approximate surface area is 121 Å². The summed E-state index contributed by atoms with van der Waals surface area (Å²) in [5.74, 6) is -0.0100. The summed E-state index contributed by atoms with van der Waals surface area (Å²) >= 11 is 1.52. The quantitative estimate of drug-likeness (QED) is 0.845. The lowest BCUT2D eigenvalue weighted by Crippen LogP contribution is -2.13. The molecule has 2 aromatic rings. The van der Waals surface area contributed by atoms with Crippen LogP contribution in [0.2, 0.25) is 0 Å². The van der Waals surface area contributed by atoms with Gasteiger partial charge in [0.25, 0.3) is 0 Å². The average Bonchev–Trinajstić information content (AvgIpc) is 2.84. The van der Waals surface area contributed by atoms with Gasteiger partial charge < -0.3 is 15.6 Å². The number of rotatable bonds is 6. The summed E-state index contributed by atoms with van der Waals surface area (Å²) in [6.07, 6.45) is 2.81. The number of hydrogen-bond acceptors (Lipinski definition) is 5. The number of nitrogens with one attached hydrogen (secondary N) is 1. The number of nitrogens with zero attached hydrogens (tertiary/aromatic N) is 3. The fraction of sp³-hybridized carbons (Fsp3) is 0.308. The van der Waals surface area contributed by atoms with Crippen molar-refractivity contribution in [3.63, 3.8) is 0 Å². The summed E-state index contributed by atoms with van der Waals surface area (Å²) in [4.78, 5) is 12.6. The molecule has 106 valence electrons. The minimum absolute atomic E-state index is 0.0100. The van der Waals surface area contributed by atoms with Crippen molar-refractivity contribution >= 4 is 23.4 Å². The lowest BCUT2D eigenvalue weighted by molar-refractivity contribution is -0.116. The summed E-state index contributed by atoms with van der Waals surface area (Å²) in [6.45, 7) is 0.528. The van der Waals surface area contributed by atoms with Crippen LogP contribution in [0.3, 0.4) is 0 Å². The van der Waals surface area contributed by atoms with Crippen LogP contribution in [0, 0.1) is 0 Å². The summed E-state index contributed by atoms with van der Waals surface area (Å²) in [7, 11) is 1.90. The van der Waals surface area contributed by atoms with E-state index in [1.54, 1.807) is 6.33 Å². The van der Waals surface area contributed by atoms with Crippen LogP contribution in [-0.2, 0) is 11.8 Å². The van der Waals surface area contributed by atoms with Crippen molar-refractivity contribution in [2.75, 3.05) is 11.9 Å². The molecule has 0 aliphatic heterocycles. The Balaban J connectivity index is 1.93. The highest BCUT2D eigenvalue weighted by Crippen LogP contribution is 2.26. The molecule has 0 aliphatic rings. The van der Waals surface area contributed by atoms with Crippen molar-refractivity contribution in [1.82, 2.24) is 14.8 Å². The molecule has 0 spiro atoms. The molecular formula is C13H17N5OS. The third-order valence-electron chi connectivity index (χ3n) is 2.63. The molecule has 20 heavy (non-hydrogen) atoms. The Morgan fingerprint density at radius 1 is 1.40 bits per heavy atom. The fourth-order valence-electron chi connectivity index (χ4n) is 1.56. The van der Waals surface area contributed by atoms with Crippen LogP contribution in [-0.4, -0.2) is 27.2 Å². The second kappa shape index (κ2) is 7.06. The standard InChI is InChI=1S/C13H17N5OS/c1-18-9-15-17-13(18)20-11-6-4-10(5-7-11)16-12(19)3-2-8-14/h4-7,9H,2-3,8,14H2,1H3,(H,16,19). The van der Waals surface area contributed by atoms with Gasteiger partial charge in [0.2, 0.25) is 5.91 Å². The fourth-order valence-corrected chi connectivity index (χ4v) is 2.32. The molecule has 1 aromatic carbocycles. The van der Waals surface area contributed by atoms with Gasteiger partial charge in [-0.15, -0.1) is 10.2 Å². The van der Waals surface area contributed by atoms with Gasteiger partial charge in [-0.1, -0.05) is 0 Å². The molecular weight excluding hydrogens is 274 g/mol. The van der Waals surface area contributed by atoms with Crippen molar-refractivity contribution < 1.29 is 4.79 Å². The van der Waals surface area contributed by atoms with Gasteiger partial charge >= 0.3 is 0 Å². The Bertz CT molecular complexity index is 566. The van der Waals surface area contributed by atoms with Crippen molar-refractivity contribution in [1.29, 1.82) is 0 Å². The van der Waals surface area contributed by atoms with E-state index in [-0.39, 0.29) is 5.91 Å². The van der Waals surface area contributed by atoms with Gasteiger partial charge in [0.05, 0.1) is 0 Å². The van der Waals surface area contributed by atoms with Gasteiger partial charge in [-0.2, -0.15) is 0 Å². The van der Waals surface area contributed by atoms with E-state index in [2.05, 4.69) is 15.5 Å². The monoisotopic (exact) mass is 291 g/mol. The molecule has 7 heteroatoms. The Kier molecular flexibility index (Phi) is 5.14. The second-order valence-electron chi connectivity index (χ2n) is 4.29. The molecule has 1 heterocycles. The third-order valence-corrected chi connectivity index (χ3v) is 3.69. The average molecular weight is 291 g/mol. The van der Waals surface area contributed by atoms with E-state index in [0.717, 1.165) is 15.7 Å². The maximum atomic E-state index is 11.6. The molecule has 0 radical (unpaired) electrons. The van der Waals surface area contributed by atoms with Crippen molar-refractivity contribution in [3.8, 4) is 0 Å². The van der Waals surface area contributed by atoms with Gasteiger partial charge in [-0.3, -0.25) is 4.79 Å². The highest BCUT2D eigenvalue weighted by molar-refractivity contribution is 7.99. The lowest BCUT2D eigenvalue weighted by Gasteiger charge is -2.06. The Morgan fingerprint density at radius 3 is 2.75 bits per heavy atom. The summed E-state index contributed by atoms with van der Waals surface area (Å²) in [5, 5.41) is 11.5. The molecule has 0 atom stereocenters. The van der Waals surface area contributed by atoms with Crippen LogP contribution in [0.15, 0.2) is 40.6 Å². The number of aryl methyl sites for hydroxylation is 1. The largest absolute Gasteiger partial charge is 0.330 e. The molecule has 2 rings (SSSR count). The van der Waals surface area contributed by atoms with E-state index in [4.69, 9.17) is 5.73 Å². The van der Waals surface area contributed by atoms with Gasteiger partial charge in [0, 0.05) is 24.1 Å². The molecule has 0 bridgehead atoms. The lowest BCUT2D eigenvalue weighted by atomic mass is 10.2. The zero-order valence-corrected chi connectivity index (χ0v) is 12.1. The predicted molar refractivity (Wildman–Crippen MR) is 78.5 cm³/mol. The van der Waals surface area contributed by atoms with Crippen LogP contribution in [0.1, 0.15) is 12.8 Å². The Hall–Kier alpha value is -1.86. The minimum atomic E-state index is -0.0100. The van der Waals surface area contributed by atoms with Crippen molar-refractivity contribution in [2.45, 2.75) is 22.9 Å². The molecule has 0 unspecified atom stereocenters. The van der Waals surface area contributed by atoms with Crippen LogP contribution in [0.4, 0.5) is 5.69 Å². The SMILES string of the molecule is Cn1cnnc1Sc1ccc(NC(=O)CCCN)cc1. The molecule has 0 saturated heterocycles. The first-order valence-corrected chi connectivity index (χ1v) is 7.12. The first kappa shape index (κ1) is 14.5. The minimum Gasteiger partial charge on any atom is -0.330 e. The Morgan fingerprint density at radius 2 is 2.15 bits per heavy atom.